The highest BCUT2D eigenvalue weighted by Crippen LogP contribution is 2.56. The average Bonchev–Trinajstić information content (AvgIpc) is 2.90. The van der Waals surface area contributed by atoms with Gasteiger partial charge in [0.2, 0.25) is 0 Å². The van der Waals surface area contributed by atoms with Crippen LogP contribution in [-0.4, -0.2) is 4.98 Å². The van der Waals surface area contributed by atoms with Crippen LogP contribution in [0.25, 0.3) is 33.0 Å². The summed E-state index contributed by atoms with van der Waals surface area (Å²) in [6.07, 6.45) is 3.91. The molecule has 4 aromatic rings. The van der Waals surface area contributed by atoms with Crippen LogP contribution in [0.15, 0.2) is 76.8 Å². The van der Waals surface area contributed by atoms with Crippen molar-refractivity contribution in [3.8, 4) is 22.3 Å². The molecule has 0 saturated heterocycles. The SMILES string of the molecule is CC1(C)c2ccccc2-c2cc3c4c(cccc4c21)Sc1ccncc1-3. The zero-order valence-electron chi connectivity index (χ0n) is 14.7. The van der Waals surface area contributed by atoms with E-state index in [1.165, 1.54) is 53.9 Å². The minimum absolute atomic E-state index is 0.0168. The van der Waals surface area contributed by atoms with Gasteiger partial charge >= 0.3 is 0 Å². The molecule has 2 aliphatic rings. The summed E-state index contributed by atoms with van der Waals surface area (Å²) in [7, 11) is 0. The van der Waals surface area contributed by atoms with Gasteiger partial charge in [0, 0.05) is 38.5 Å². The number of rotatable bonds is 0. The number of hydrogen-bond donors (Lipinski definition) is 0. The van der Waals surface area contributed by atoms with Gasteiger partial charge in [0.1, 0.15) is 0 Å². The summed E-state index contributed by atoms with van der Waals surface area (Å²) in [6, 6.07) is 20.2. The average molecular weight is 351 g/mol. The van der Waals surface area contributed by atoms with Crippen molar-refractivity contribution in [3.63, 3.8) is 0 Å². The van der Waals surface area contributed by atoms with E-state index in [0.29, 0.717) is 0 Å². The first kappa shape index (κ1) is 14.6. The molecule has 124 valence electrons. The predicted molar refractivity (Wildman–Crippen MR) is 109 cm³/mol. The fourth-order valence-electron chi connectivity index (χ4n) is 4.82. The molecule has 6 rings (SSSR count). The standard InChI is InChI=1S/C24H17NS/c1-24(2)19-8-4-3-6-14(19)17-12-16-18-13-25-11-10-20(18)26-21-9-5-7-15(22(16)21)23(17)24/h3-13H,1-2H3. The van der Waals surface area contributed by atoms with Gasteiger partial charge in [-0.05, 0) is 51.4 Å². The molecule has 1 aliphatic heterocycles. The normalized spacial score (nSPS) is 15.5. The van der Waals surface area contributed by atoms with Gasteiger partial charge < -0.3 is 0 Å². The highest BCUT2D eigenvalue weighted by molar-refractivity contribution is 7.99. The summed E-state index contributed by atoms with van der Waals surface area (Å²) in [5, 5.41) is 2.77. The Morgan fingerprint density at radius 3 is 2.62 bits per heavy atom. The number of benzene rings is 3. The Morgan fingerprint density at radius 1 is 0.808 bits per heavy atom. The van der Waals surface area contributed by atoms with Crippen LogP contribution in [0.1, 0.15) is 25.0 Å². The predicted octanol–water partition coefficient (Wildman–Crippen LogP) is 6.67. The maximum absolute atomic E-state index is 4.41. The van der Waals surface area contributed by atoms with Crippen molar-refractivity contribution in [1.29, 1.82) is 0 Å². The molecule has 3 aromatic carbocycles. The molecule has 1 nitrogen and oxygen atoms in total. The van der Waals surface area contributed by atoms with E-state index in [1.807, 2.05) is 24.2 Å². The zero-order valence-corrected chi connectivity index (χ0v) is 15.5. The van der Waals surface area contributed by atoms with Crippen molar-refractivity contribution in [2.24, 2.45) is 0 Å². The fraction of sp³-hybridized carbons (Fsp3) is 0.125. The van der Waals surface area contributed by atoms with Crippen molar-refractivity contribution in [2.75, 3.05) is 0 Å². The van der Waals surface area contributed by atoms with Gasteiger partial charge in [-0.15, -0.1) is 0 Å². The molecule has 1 aliphatic carbocycles. The van der Waals surface area contributed by atoms with Crippen molar-refractivity contribution in [2.45, 2.75) is 29.1 Å². The lowest BCUT2D eigenvalue weighted by Gasteiger charge is -2.26. The van der Waals surface area contributed by atoms with Crippen molar-refractivity contribution >= 4 is 22.5 Å². The zero-order chi connectivity index (χ0) is 17.5. The first-order valence-corrected chi connectivity index (χ1v) is 9.80. The minimum Gasteiger partial charge on any atom is -0.264 e. The molecule has 2 heteroatoms. The third-order valence-electron chi connectivity index (χ3n) is 5.93. The Bertz CT molecular complexity index is 1240. The molecule has 1 aromatic heterocycles. The first-order valence-electron chi connectivity index (χ1n) is 8.98. The number of fused-ring (bicyclic) bond motifs is 6. The van der Waals surface area contributed by atoms with E-state index in [9.17, 15) is 0 Å². The lowest BCUT2D eigenvalue weighted by molar-refractivity contribution is 0.666. The third kappa shape index (κ3) is 1.66. The molecule has 26 heavy (non-hydrogen) atoms. The van der Waals surface area contributed by atoms with Gasteiger partial charge in [-0.25, -0.2) is 0 Å². The summed E-state index contributed by atoms with van der Waals surface area (Å²) in [5.74, 6) is 0. The lowest BCUT2D eigenvalue weighted by atomic mass is 9.79. The van der Waals surface area contributed by atoms with Crippen molar-refractivity contribution in [3.05, 3.63) is 78.1 Å². The van der Waals surface area contributed by atoms with Gasteiger partial charge in [-0.2, -0.15) is 0 Å². The summed E-state index contributed by atoms with van der Waals surface area (Å²) in [6.45, 7) is 4.72. The van der Waals surface area contributed by atoms with Crippen molar-refractivity contribution < 1.29 is 0 Å². The molecule has 0 spiro atoms. The molecule has 2 heterocycles. The van der Waals surface area contributed by atoms with Crippen LogP contribution >= 0.6 is 11.8 Å². The van der Waals surface area contributed by atoms with Gasteiger partial charge in [0.05, 0.1) is 0 Å². The van der Waals surface area contributed by atoms with E-state index in [1.54, 1.807) is 0 Å². The topological polar surface area (TPSA) is 12.9 Å². The molecule has 0 N–H and O–H groups in total. The van der Waals surface area contributed by atoms with Gasteiger partial charge in [0.15, 0.2) is 0 Å². The van der Waals surface area contributed by atoms with E-state index in [-0.39, 0.29) is 5.41 Å². The van der Waals surface area contributed by atoms with E-state index in [2.05, 4.69) is 73.4 Å². The van der Waals surface area contributed by atoms with Gasteiger partial charge in [-0.3, -0.25) is 4.98 Å². The number of nitrogens with zero attached hydrogens (tertiary/aromatic N) is 1. The Morgan fingerprint density at radius 2 is 1.69 bits per heavy atom. The van der Waals surface area contributed by atoms with E-state index < -0.39 is 0 Å². The van der Waals surface area contributed by atoms with Crippen LogP contribution in [0, 0.1) is 0 Å². The maximum Gasteiger partial charge on any atom is 0.0357 e. The number of pyridine rings is 1. The largest absolute Gasteiger partial charge is 0.264 e. The minimum atomic E-state index is 0.0168. The van der Waals surface area contributed by atoms with Crippen LogP contribution < -0.4 is 0 Å². The quantitative estimate of drug-likeness (QED) is 0.309. The molecular formula is C24H17NS. The Balaban J connectivity index is 1.84. The van der Waals surface area contributed by atoms with Crippen LogP contribution in [0.4, 0.5) is 0 Å². The van der Waals surface area contributed by atoms with E-state index in [0.717, 1.165) is 0 Å². The van der Waals surface area contributed by atoms with Crippen LogP contribution in [0.5, 0.6) is 0 Å². The van der Waals surface area contributed by atoms with Gasteiger partial charge in [-0.1, -0.05) is 62.0 Å². The molecule has 0 bridgehead atoms. The number of hydrogen-bond acceptors (Lipinski definition) is 2. The fourth-order valence-corrected chi connectivity index (χ4v) is 5.93. The summed E-state index contributed by atoms with van der Waals surface area (Å²) in [4.78, 5) is 7.06. The Hall–Kier alpha value is -2.58. The highest BCUT2D eigenvalue weighted by Gasteiger charge is 2.38. The van der Waals surface area contributed by atoms with E-state index in [4.69, 9.17) is 0 Å². The molecule has 0 atom stereocenters. The van der Waals surface area contributed by atoms with Gasteiger partial charge in [0.25, 0.3) is 0 Å². The summed E-state index contributed by atoms with van der Waals surface area (Å²) < 4.78 is 0. The van der Waals surface area contributed by atoms with Crippen LogP contribution in [-0.2, 0) is 5.41 Å². The molecule has 0 unspecified atom stereocenters. The number of aromatic nitrogens is 1. The molecule has 0 amide bonds. The highest BCUT2D eigenvalue weighted by atomic mass is 32.2. The monoisotopic (exact) mass is 351 g/mol. The smallest absolute Gasteiger partial charge is 0.0357 e. The van der Waals surface area contributed by atoms with Crippen LogP contribution in [0.2, 0.25) is 0 Å². The van der Waals surface area contributed by atoms with Crippen molar-refractivity contribution in [1.82, 2.24) is 4.98 Å². The third-order valence-corrected chi connectivity index (χ3v) is 7.07. The van der Waals surface area contributed by atoms with Crippen LogP contribution in [0.3, 0.4) is 0 Å². The Kier molecular flexibility index (Phi) is 2.68. The second kappa shape index (κ2) is 4.77. The second-order valence-corrected chi connectivity index (χ2v) is 8.75. The first-order chi connectivity index (χ1) is 12.7. The Labute approximate surface area is 157 Å². The molecule has 0 saturated carbocycles. The molecule has 0 radical (unpaired) electrons. The summed E-state index contributed by atoms with van der Waals surface area (Å²) >= 11 is 1.86. The maximum atomic E-state index is 4.41. The summed E-state index contributed by atoms with van der Waals surface area (Å²) in [5.41, 5.74) is 8.24. The molecule has 0 fully saturated rings. The lowest BCUT2D eigenvalue weighted by Crippen LogP contribution is -2.15. The van der Waals surface area contributed by atoms with E-state index >= 15 is 0 Å². The molecular weight excluding hydrogens is 334 g/mol. The second-order valence-electron chi connectivity index (χ2n) is 7.67.